The third-order valence-electron chi connectivity index (χ3n) is 2.63. The van der Waals surface area contributed by atoms with Crippen LogP contribution < -0.4 is 16.0 Å². The first-order chi connectivity index (χ1) is 9.92. The van der Waals surface area contributed by atoms with E-state index in [4.69, 9.17) is 5.84 Å². The highest BCUT2D eigenvalue weighted by atomic mass is 79.9. The van der Waals surface area contributed by atoms with E-state index in [1.54, 1.807) is 0 Å². The van der Waals surface area contributed by atoms with Crippen molar-refractivity contribution in [3.8, 4) is 0 Å². The molecule has 1 heterocycles. The number of benzene rings is 1. The fourth-order valence-electron chi connectivity index (χ4n) is 1.59. The molecule has 21 heavy (non-hydrogen) atoms. The maximum absolute atomic E-state index is 12.8. The van der Waals surface area contributed by atoms with Crippen molar-refractivity contribution in [2.45, 2.75) is 11.4 Å². The molecule has 0 aliphatic heterocycles. The van der Waals surface area contributed by atoms with Crippen LogP contribution in [0.15, 0.2) is 45.9 Å². The van der Waals surface area contributed by atoms with Crippen LogP contribution in [-0.2, 0) is 16.6 Å². The standard InChI is InChI=1S/C12H12BrFN4O2S/c13-9-5-11(12(18-15)16-7-9)21(19,20)17-6-8-1-3-10(14)4-2-8/h1-5,7,17H,6,15H2,(H,16,18). The first kappa shape index (κ1) is 15.8. The Morgan fingerprint density at radius 3 is 2.57 bits per heavy atom. The van der Waals surface area contributed by atoms with Crippen molar-refractivity contribution in [2.24, 2.45) is 5.84 Å². The van der Waals surface area contributed by atoms with Crippen molar-refractivity contribution < 1.29 is 12.8 Å². The lowest BCUT2D eigenvalue weighted by Gasteiger charge is -2.10. The van der Waals surface area contributed by atoms with Gasteiger partial charge in [-0.2, -0.15) is 0 Å². The monoisotopic (exact) mass is 374 g/mol. The molecule has 6 nitrogen and oxygen atoms in total. The lowest BCUT2D eigenvalue weighted by molar-refractivity contribution is 0.581. The highest BCUT2D eigenvalue weighted by Crippen LogP contribution is 2.22. The van der Waals surface area contributed by atoms with Crippen LogP contribution in [0.2, 0.25) is 0 Å². The molecule has 1 aromatic carbocycles. The molecule has 2 rings (SSSR count). The molecule has 1 aromatic heterocycles. The van der Waals surface area contributed by atoms with Gasteiger partial charge in [-0.05, 0) is 39.7 Å². The highest BCUT2D eigenvalue weighted by molar-refractivity contribution is 9.10. The minimum absolute atomic E-state index is 0.0269. The molecule has 0 fully saturated rings. The molecule has 0 unspecified atom stereocenters. The van der Waals surface area contributed by atoms with Crippen molar-refractivity contribution in [3.63, 3.8) is 0 Å². The molecule has 0 saturated carbocycles. The number of nitrogens with two attached hydrogens (primary N) is 1. The van der Waals surface area contributed by atoms with Gasteiger partial charge in [0.05, 0.1) is 0 Å². The zero-order valence-electron chi connectivity index (χ0n) is 10.7. The van der Waals surface area contributed by atoms with Gasteiger partial charge in [0, 0.05) is 17.2 Å². The van der Waals surface area contributed by atoms with E-state index < -0.39 is 10.0 Å². The zero-order valence-corrected chi connectivity index (χ0v) is 13.1. The van der Waals surface area contributed by atoms with Gasteiger partial charge in [-0.3, -0.25) is 0 Å². The summed E-state index contributed by atoms with van der Waals surface area (Å²) in [6, 6.07) is 6.90. The minimum Gasteiger partial charge on any atom is -0.307 e. The number of rotatable bonds is 5. The van der Waals surface area contributed by atoms with Gasteiger partial charge in [-0.25, -0.2) is 28.4 Å². The molecule has 112 valence electrons. The third-order valence-corrected chi connectivity index (χ3v) is 4.47. The number of hydrazine groups is 1. The van der Waals surface area contributed by atoms with E-state index in [1.807, 2.05) is 0 Å². The summed E-state index contributed by atoms with van der Waals surface area (Å²) >= 11 is 3.16. The summed E-state index contributed by atoms with van der Waals surface area (Å²) in [4.78, 5) is 3.80. The number of nitrogens with one attached hydrogen (secondary N) is 2. The molecule has 0 saturated heterocycles. The molecule has 2 aromatic rings. The average molecular weight is 375 g/mol. The van der Waals surface area contributed by atoms with Crippen molar-refractivity contribution in [2.75, 3.05) is 5.43 Å². The smallest absolute Gasteiger partial charge is 0.244 e. The third kappa shape index (κ3) is 3.97. The fourth-order valence-corrected chi connectivity index (χ4v) is 3.24. The number of sulfonamides is 1. The Labute approximate surface area is 129 Å². The van der Waals surface area contributed by atoms with Gasteiger partial charge in [0.15, 0.2) is 5.82 Å². The van der Waals surface area contributed by atoms with Gasteiger partial charge in [0.2, 0.25) is 10.0 Å². The van der Waals surface area contributed by atoms with Gasteiger partial charge in [-0.1, -0.05) is 12.1 Å². The van der Waals surface area contributed by atoms with Crippen LogP contribution in [0.25, 0.3) is 0 Å². The van der Waals surface area contributed by atoms with E-state index in [1.165, 1.54) is 36.5 Å². The molecular formula is C12H12BrFN4O2S. The summed E-state index contributed by atoms with van der Waals surface area (Å²) in [7, 11) is -3.81. The lowest BCUT2D eigenvalue weighted by Crippen LogP contribution is -2.25. The summed E-state index contributed by atoms with van der Waals surface area (Å²) in [6.07, 6.45) is 1.42. The molecule has 0 atom stereocenters. The minimum atomic E-state index is -3.81. The summed E-state index contributed by atoms with van der Waals surface area (Å²) < 4.78 is 40.2. The Kier molecular flexibility index (Phi) is 4.88. The van der Waals surface area contributed by atoms with Crippen molar-refractivity contribution >= 4 is 31.8 Å². The van der Waals surface area contributed by atoms with Crippen LogP contribution >= 0.6 is 15.9 Å². The predicted molar refractivity (Wildman–Crippen MR) is 80.2 cm³/mol. The maximum atomic E-state index is 12.8. The van der Waals surface area contributed by atoms with Crippen LogP contribution in [0.5, 0.6) is 0 Å². The van der Waals surface area contributed by atoms with Gasteiger partial charge in [0.25, 0.3) is 0 Å². The molecule has 9 heteroatoms. The van der Waals surface area contributed by atoms with E-state index in [-0.39, 0.29) is 23.1 Å². The number of pyridine rings is 1. The Bertz CT molecular complexity index is 737. The number of nitrogens with zero attached hydrogens (tertiary/aromatic N) is 1. The number of anilines is 1. The normalized spacial score (nSPS) is 11.4. The van der Waals surface area contributed by atoms with Gasteiger partial charge >= 0.3 is 0 Å². The SMILES string of the molecule is NNc1ncc(Br)cc1S(=O)(=O)NCc1ccc(F)cc1. The Morgan fingerprint density at radius 2 is 1.95 bits per heavy atom. The molecule has 4 N–H and O–H groups in total. The van der Waals surface area contributed by atoms with Gasteiger partial charge < -0.3 is 5.43 Å². The highest BCUT2D eigenvalue weighted by Gasteiger charge is 2.19. The van der Waals surface area contributed by atoms with E-state index in [9.17, 15) is 12.8 Å². The van der Waals surface area contributed by atoms with E-state index >= 15 is 0 Å². The average Bonchev–Trinajstić information content (AvgIpc) is 2.47. The molecule has 0 amide bonds. The van der Waals surface area contributed by atoms with Crippen LogP contribution in [-0.4, -0.2) is 13.4 Å². The number of nitrogen functional groups attached to an aromatic ring is 1. The Balaban J connectivity index is 2.22. The quantitative estimate of drug-likeness (QED) is 0.547. The number of hydrogen-bond donors (Lipinski definition) is 3. The predicted octanol–water partition coefficient (Wildman–Crippen LogP) is 1.75. The summed E-state index contributed by atoms with van der Waals surface area (Å²) in [5, 5.41) is 0. The largest absolute Gasteiger partial charge is 0.307 e. The first-order valence-corrected chi connectivity index (χ1v) is 8.06. The number of aromatic nitrogens is 1. The van der Waals surface area contributed by atoms with Crippen molar-refractivity contribution in [1.29, 1.82) is 0 Å². The summed E-state index contributed by atoms with van der Waals surface area (Å²) in [5.74, 6) is 4.91. The molecule has 0 radical (unpaired) electrons. The Hall–Kier alpha value is -1.55. The van der Waals surface area contributed by atoms with Crippen LogP contribution in [0.3, 0.4) is 0 Å². The van der Waals surface area contributed by atoms with Crippen LogP contribution in [0, 0.1) is 5.82 Å². The van der Waals surface area contributed by atoms with Gasteiger partial charge in [0.1, 0.15) is 10.7 Å². The van der Waals surface area contributed by atoms with Crippen LogP contribution in [0.4, 0.5) is 10.2 Å². The van der Waals surface area contributed by atoms with E-state index in [0.717, 1.165) is 0 Å². The first-order valence-electron chi connectivity index (χ1n) is 5.78. The van der Waals surface area contributed by atoms with E-state index in [2.05, 4.69) is 31.1 Å². The van der Waals surface area contributed by atoms with Crippen molar-refractivity contribution in [1.82, 2.24) is 9.71 Å². The lowest BCUT2D eigenvalue weighted by atomic mass is 10.2. The Morgan fingerprint density at radius 1 is 1.29 bits per heavy atom. The second-order valence-electron chi connectivity index (χ2n) is 4.10. The fraction of sp³-hybridized carbons (Fsp3) is 0.0833. The topological polar surface area (TPSA) is 97.1 Å². The van der Waals surface area contributed by atoms with Crippen LogP contribution in [0.1, 0.15) is 5.56 Å². The summed E-state index contributed by atoms with van der Waals surface area (Å²) in [6.45, 7) is 0.0269. The molecule has 0 aliphatic carbocycles. The number of halogens is 2. The maximum Gasteiger partial charge on any atom is 0.244 e. The second-order valence-corrected chi connectivity index (χ2v) is 6.75. The molecular weight excluding hydrogens is 363 g/mol. The van der Waals surface area contributed by atoms with Gasteiger partial charge in [-0.15, -0.1) is 0 Å². The molecule has 0 aliphatic rings. The van der Waals surface area contributed by atoms with E-state index in [0.29, 0.717) is 10.0 Å². The summed E-state index contributed by atoms with van der Waals surface area (Å²) in [5.41, 5.74) is 2.86. The number of hydrogen-bond acceptors (Lipinski definition) is 5. The van der Waals surface area contributed by atoms with Crippen molar-refractivity contribution in [3.05, 3.63) is 52.4 Å². The second kappa shape index (κ2) is 6.48. The zero-order chi connectivity index (χ0) is 15.5. The molecule has 0 bridgehead atoms. The molecule has 0 spiro atoms.